The van der Waals surface area contributed by atoms with Gasteiger partial charge in [0.25, 0.3) is 5.91 Å². The smallest absolute Gasteiger partial charge is 0.325 e. The number of methoxy groups -OCH3 is 1. The Morgan fingerprint density at radius 2 is 2.11 bits per heavy atom. The molecule has 2 aromatic rings. The van der Waals surface area contributed by atoms with E-state index < -0.39 is 17.5 Å². The molecule has 8 nitrogen and oxygen atoms in total. The van der Waals surface area contributed by atoms with Crippen LogP contribution in [0.2, 0.25) is 0 Å². The Labute approximate surface area is 161 Å². The van der Waals surface area contributed by atoms with Crippen molar-refractivity contribution in [2.75, 3.05) is 19.0 Å². The van der Waals surface area contributed by atoms with Crippen molar-refractivity contribution in [3.8, 4) is 5.88 Å². The third kappa shape index (κ3) is 2.96. The molecule has 1 fully saturated rings. The average molecular weight is 380 g/mol. The maximum absolute atomic E-state index is 13.2. The molecule has 0 bridgehead atoms. The van der Waals surface area contributed by atoms with Gasteiger partial charge in [-0.25, -0.2) is 9.78 Å². The monoisotopic (exact) mass is 380 g/mol. The number of imide groups is 1. The number of carbonyl (C=O) groups is 3. The van der Waals surface area contributed by atoms with Gasteiger partial charge in [-0.1, -0.05) is 24.3 Å². The lowest BCUT2D eigenvalue weighted by atomic mass is 9.76. The number of aryl methyl sites for hydroxylation is 1. The first-order valence-electron chi connectivity index (χ1n) is 9.06. The van der Waals surface area contributed by atoms with E-state index in [0.29, 0.717) is 18.0 Å². The maximum atomic E-state index is 13.2. The predicted octanol–water partition coefficient (Wildman–Crippen LogP) is 1.81. The van der Waals surface area contributed by atoms with Gasteiger partial charge >= 0.3 is 6.03 Å². The van der Waals surface area contributed by atoms with Gasteiger partial charge < -0.3 is 15.4 Å². The van der Waals surface area contributed by atoms with Crippen LogP contribution in [0.25, 0.3) is 0 Å². The highest BCUT2D eigenvalue weighted by atomic mass is 16.5. The van der Waals surface area contributed by atoms with E-state index in [4.69, 9.17) is 4.74 Å². The summed E-state index contributed by atoms with van der Waals surface area (Å²) in [6, 6.07) is 10.3. The minimum Gasteiger partial charge on any atom is -0.481 e. The van der Waals surface area contributed by atoms with Crippen LogP contribution in [0.1, 0.15) is 24.0 Å². The molecule has 2 heterocycles. The van der Waals surface area contributed by atoms with Crippen LogP contribution in [-0.2, 0) is 21.5 Å². The van der Waals surface area contributed by atoms with Gasteiger partial charge in [-0.15, -0.1) is 0 Å². The second-order valence-electron chi connectivity index (χ2n) is 6.87. The van der Waals surface area contributed by atoms with Crippen LogP contribution < -0.4 is 15.4 Å². The predicted molar refractivity (Wildman–Crippen MR) is 101 cm³/mol. The first kappa shape index (κ1) is 18.0. The zero-order valence-electron chi connectivity index (χ0n) is 15.4. The largest absolute Gasteiger partial charge is 0.481 e. The molecule has 4 amide bonds. The molecule has 2 N–H and O–H groups in total. The lowest BCUT2D eigenvalue weighted by Gasteiger charge is -2.33. The van der Waals surface area contributed by atoms with Gasteiger partial charge in [-0.05, 0) is 36.5 Å². The van der Waals surface area contributed by atoms with Gasteiger partial charge in [0, 0.05) is 6.07 Å². The Hall–Kier alpha value is -3.42. The fraction of sp³-hybridized carbons (Fsp3) is 0.300. The minimum atomic E-state index is -1.08. The Bertz CT molecular complexity index is 943. The lowest BCUT2D eigenvalue weighted by molar-refractivity contribution is -0.134. The number of carbonyl (C=O) groups excluding carboxylic acids is 3. The number of nitrogens with zero attached hydrogens (tertiary/aromatic N) is 2. The number of aromatic nitrogens is 1. The van der Waals surface area contributed by atoms with E-state index in [1.54, 1.807) is 12.1 Å². The molecule has 144 valence electrons. The molecule has 1 aromatic heterocycles. The van der Waals surface area contributed by atoms with E-state index >= 15 is 0 Å². The van der Waals surface area contributed by atoms with Gasteiger partial charge in [-0.3, -0.25) is 14.5 Å². The van der Waals surface area contributed by atoms with E-state index in [1.165, 1.54) is 13.3 Å². The summed E-state index contributed by atoms with van der Waals surface area (Å²) in [6.07, 6.45) is 3.63. The Balaban J connectivity index is 1.51. The first-order chi connectivity index (χ1) is 13.5. The summed E-state index contributed by atoms with van der Waals surface area (Å²) in [7, 11) is 1.50. The zero-order chi connectivity index (χ0) is 19.7. The second kappa shape index (κ2) is 6.95. The van der Waals surface area contributed by atoms with E-state index in [1.807, 2.05) is 24.3 Å². The van der Waals surface area contributed by atoms with Gasteiger partial charge in [-0.2, -0.15) is 0 Å². The first-order valence-corrected chi connectivity index (χ1v) is 9.06. The molecule has 1 aliphatic heterocycles. The van der Waals surface area contributed by atoms with E-state index in [2.05, 4.69) is 15.6 Å². The normalized spacial score (nSPS) is 20.7. The summed E-state index contributed by atoms with van der Waals surface area (Å²) < 4.78 is 4.97. The SMILES string of the molecule is COc1ccc(NC(=O)CN2C(=O)NC3(CCCc4ccccc43)C2=O)cn1. The van der Waals surface area contributed by atoms with Crippen molar-refractivity contribution in [3.63, 3.8) is 0 Å². The molecule has 1 saturated heterocycles. The summed E-state index contributed by atoms with van der Waals surface area (Å²) >= 11 is 0. The van der Waals surface area contributed by atoms with Crippen LogP contribution in [0.3, 0.4) is 0 Å². The summed E-state index contributed by atoms with van der Waals surface area (Å²) in [5, 5.41) is 5.48. The molecule has 0 radical (unpaired) electrons. The van der Waals surface area contributed by atoms with Crippen molar-refractivity contribution in [1.82, 2.24) is 15.2 Å². The van der Waals surface area contributed by atoms with Crippen molar-refractivity contribution in [2.24, 2.45) is 0 Å². The van der Waals surface area contributed by atoms with Gasteiger partial charge in [0.1, 0.15) is 12.1 Å². The Morgan fingerprint density at radius 3 is 2.86 bits per heavy atom. The van der Waals surface area contributed by atoms with Crippen molar-refractivity contribution < 1.29 is 19.1 Å². The molecule has 1 atom stereocenters. The highest BCUT2D eigenvalue weighted by Crippen LogP contribution is 2.39. The number of nitrogens with one attached hydrogen (secondary N) is 2. The van der Waals surface area contributed by atoms with Gasteiger partial charge in [0.05, 0.1) is 19.0 Å². The summed E-state index contributed by atoms with van der Waals surface area (Å²) in [5.41, 5.74) is 1.25. The zero-order valence-corrected chi connectivity index (χ0v) is 15.4. The standard InChI is InChI=1S/C20H20N4O4/c1-28-17-9-8-14(11-21-17)22-16(25)12-24-18(26)20(23-19(24)27)10-4-6-13-5-2-3-7-15(13)20/h2-3,5,7-9,11H,4,6,10,12H2,1H3,(H,22,25)(H,23,27). The summed E-state index contributed by atoms with van der Waals surface area (Å²) in [5.74, 6) is -0.436. The van der Waals surface area contributed by atoms with Crippen molar-refractivity contribution in [3.05, 3.63) is 53.7 Å². The maximum Gasteiger partial charge on any atom is 0.325 e. The fourth-order valence-corrected chi connectivity index (χ4v) is 3.87. The van der Waals surface area contributed by atoms with Gasteiger partial charge in [0.2, 0.25) is 11.8 Å². The molecule has 1 aliphatic carbocycles. The molecular formula is C20H20N4O4. The average Bonchev–Trinajstić information content (AvgIpc) is 2.94. The molecule has 1 spiro atoms. The van der Waals surface area contributed by atoms with Crippen LogP contribution >= 0.6 is 0 Å². The third-order valence-electron chi connectivity index (χ3n) is 5.18. The molecule has 1 aromatic carbocycles. The quantitative estimate of drug-likeness (QED) is 0.788. The number of amides is 4. The summed E-state index contributed by atoms with van der Waals surface area (Å²) in [4.78, 5) is 43.1. The van der Waals surface area contributed by atoms with Crippen LogP contribution in [0.5, 0.6) is 5.88 Å². The van der Waals surface area contributed by atoms with Crippen molar-refractivity contribution in [2.45, 2.75) is 24.8 Å². The number of pyridine rings is 1. The van der Waals surface area contributed by atoms with Crippen LogP contribution in [0.4, 0.5) is 10.5 Å². The number of fused-ring (bicyclic) bond motifs is 2. The number of ether oxygens (including phenoxy) is 1. The minimum absolute atomic E-state index is 0.361. The van der Waals surface area contributed by atoms with Crippen LogP contribution in [0, 0.1) is 0 Å². The van der Waals surface area contributed by atoms with Crippen molar-refractivity contribution >= 4 is 23.5 Å². The van der Waals surface area contributed by atoms with E-state index in [9.17, 15) is 14.4 Å². The molecule has 0 saturated carbocycles. The number of benzene rings is 1. The highest BCUT2D eigenvalue weighted by Gasteiger charge is 2.54. The molecular weight excluding hydrogens is 360 g/mol. The number of anilines is 1. The molecule has 8 heteroatoms. The van der Waals surface area contributed by atoms with E-state index in [-0.39, 0.29) is 12.5 Å². The van der Waals surface area contributed by atoms with Crippen molar-refractivity contribution in [1.29, 1.82) is 0 Å². The molecule has 2 aliphatic rings. The molecule has 1 unspecified atom stereocenters. The van der Waals surface area contributed by atoms with E-state index in [0.717, 1.165) is 28.9 Å². The highest BCUT2D eigenvalue weighted by molar-refractivity contribution is 6.10. The number of rotatable bonds is 4. The van der Waals surface area contributed by atoms with Gasteiger partial charge in [0.15, 0.2) is 0 Å². The second-order valence-corrected chi connectivity index (χ2v) is 6.87. The third-order valence-corrected chi connectivity index (χ3v) is 5.18. The molecule has 4 rings (SSSR count). The number of hydrogen-bond acceptors (Lipinski definition) is 5. The Morgan fingerprint density at radius 1 is 1.29 bits per heavy atom. The topological polar surface area (TPSA) is 101 Å². The molecule has 28 heavy (non-hydrogen) atoms. The fourth-order valence-electron chi connectivity index (χ4n) is 3.87. The van der Waals surface area contributed by atoms with Crippen LogP contribution in [0.15, 0.2) is 42.6 Å². The van der Waals surface area contributed by atoms with Crippen LogP contribution in [-0.4, -0.2) is 41.4 Å². The lowest BCUT2D eigenvalue weighted by Crippen LogP contribution is -2.47. The summed E-state index contributed by atoms with van der Waals surface area (Å²) in [6.45, 7) is -0.361. The number of urea groups is 1. The Kier molecular flexibility index (Phi) is 4.46. The number of hydrogen-bond donors (Lipinski definition) is 2.